The lowest BCUT2D eigenvalue weighted by molar-refractivity contribution is 0.305. The summed E-state index contributed by atoms with van der Waals surface area (Å²) in [5.41, 5.74) is 2.11. The first-order valence-corrected chi connectivity index (χ1v) is 7.50. The van der Waals surface area contributed by atoms with E-state index in [-0.39, 0.29) is 0 Å². The van der Waals surface area contributed by atoms with Gasteiger partial charge >= 0.3 is 0 Å². The Morgan fingerprint density at radius 1 is 1.44 bits per heavy atom. The van der Waals surface area contributed by atoms with E-state index in [1.807, 2.05) is 24.3 Å². The molecule has 1 aliphatic rings. The maximum absolute atomic E-state index is 12.6. The van der Waals surface area contributed by atoms with Crippen molar-refractivity contribution in [3.63, 3.8) is 0 Å². The summed E-state index contributed by atoms with van der Waals surface area (Å²) in [5, 5.41) is 0.697. The Morgan fingerprint density at radius 2 is 2.19 bits per heavy atom. The molecule has 0 aliphatic carbocycles. The maximum Gasteiger partial charge on any atom is 0.232 e. The largest absolute Gasteiger partial charge is 0.320 e. The highest BCUT2D eigenvalue weighted by Crippen LogP contribution is 2.62. The Hall–Kier alpha value is -0.850. The number of benzene rings is 1. The predicted molar refractivity (Wildman–Crippen MR) is 67.6 cm³/mol. The van der Waals surface area contributed by atoms with E-state index in [1.54, 1.807) is 0 Å². The van der Waals surface area contributed by atoms with E-state index in [4.69, 9.17) is 4.52 Å². The number of hydrogen-bond donors (Lipinski definition) is 0. The van der Waals surface area contributed by atoms with Gasteiger partial charge in [0, 0.05) is 11.5 Å². The van der Waals surface area contributed by atoms with Crippen molar-refractivity contribution in [2.75, 3.05) is 6.16 Å². The zero-order valence-corrected chi connectivity index (χ0v) is 10.5. The van der Waals surface area contributed by atoms with Gasteiger partial charge in [-0.3, -0.25) is 4.57 Å². The molecule has 1 aromatic carbocycles. The Labute approximate surface area is 96.8 Å². The first-order valence-electron chi connectivity index (χ1n) is 5.69. The van der Waals surface area contributed by atoms with Crippen LogP contribution in [0.15, 0.2) is 30.8 Å². The van der Waals surface area contributed by atoms with Gasteiger partial charge in [-0.2, -0.15) is 0 Å². The van der Waals surface area contributed by atoms with Crippen molar-refractivity contribution in [1.82, 2.24) is 0 Å². The van der Waals surface area contributed by atoms with E-state index in [1.165, 1.54) is 0 Å². The van der Waals surface area contributed by atoms with Crippen LogP contribution in [0.4, 0.5) is 0 Å². The number of unbranched alkanes of at least 4 members (excludes halogenated alkanes) is 1. The van der Waals surface area contributed by atoms with Gasteiger partial charge < -0.3 is 4.52 Å². The average molecular weight is 236 g/mol. The van der Waals surface area contributed by atoms with Crippen LogP contribution in [0.1, 0.15) is 30.9 Å². The summed E-state index contributed by atoms with van der Waals surface area (Å²) in [5.74, 6) is 0. The molecular formula is C13H17O2P. The first-order chi connectivity index (χ1) is 7.67. The minimum atomic E-state index is -2.65. The van der Waals surface area contributed by atoms with E-state index >= 15 is 0 Å². The Morgan fingerprint density at radius 3 is 2.94 bits per heavy atom. The summed E-state index contributed by atoms with van der Waals surface area (Å²) in [6, 6.07) is 7.92. The van der Waals surface area contributed by atoms with Crippen LogP contribution in [-0.2, 0) is 15.7 Å². The first kappa shape index (κ1) is 11.6. The SMILES string of the molecule is C=C1c2ccccc2COP1(=O)CCCC. The highest BCUT2D eigenvalue weighted by atomic mass is 31.2. The van der Waals surface area contributed by atoms with Crippen LogP contribution in [0, 0.1) is 0 Å². The molecule has 1 atom stereocenters. The second-order valence-electron chi connectivity index (χ2n) is 4.13. The van der Waals surface area contributed by atoms with Gasteiger partial charge in [0.25, 0.3) is 0 Å². The molecule has 0 fully saturated rings. The highest BCUT2D eigenvalue weighted by Gasteiger charge is 2.32. The Kier molecular flexibility index (Phi) is 3.32. The maximum atomic E-state index is 12.6. The number of hydrogen-bond acceptors (Lipinski definition) is 2. The van der Waals surface area contributed by atoms with Gasteiger partial charge in [0.1, 0.15) is 0 Å². The molecular weight excluding hydrogens is 219 g/mol. The fourth-order valence-corrected chi connectivity index (χ4v) is 4.15. The van der Waals surface area contributed by atoms with Crippen molar-refractivity contribution in [3.8, 4) is 0 Å². The molecule has 0 amide bonds. The quantitative estimate of drug-likeness (QED) is 0.733. The van der Waals surface area contributed by atoms with Crippen LogP contribution < -0.4 is 0 Å². The summed E-state index contributed by atoms with van der Waals surface area (Å²) >= 11 is 0. The van der Waals surface area contributed by atoms with Crippen LogP contribution in [-0.4, -0.2) is 6.16 Å². The van der Waals surface area contributed by atoms with Gasteiger partial charge in [0.15, 0.2) is 0 Å². The molecule has 1 unspecified atom stereocenters. The van der Waals surface area contributed by atoms with Crippen LogP contribution in [0.5, 0.6) is 0 Å². The van der Waals surface area contributed by atoms with Gasteiger partial charge in [-0.15, -0.1) is 0 Å². The molecule has 2 rings (SSSR count). The molecule has 0 spiro atoms. The van der Waals surface area contributed by atoms with Gasteiger partial charge in [-0.25, -0.2) is 0 Å². The predicted octanol–water partition coefficient (Wildman–Crippen LogP) is 4.27. The standard InChI is InChI=1S/C13H17O2P/c1-3-4-9-16(14)11(2)13-8-6-5-7-12(13)10-15-16/h5-8H,2-4,9-10H2,1H3. The van der Waals surface area contributed by atoms with Crippen molar-refractivity contribution in [3.05, 3.63) is 42.0 Å². The second-order valence-corrected chi connectivity index (χ2v) is 6.72. The summed E-state index contributed by atoms with van der Waals surface area (Å²) < 4.78 is 18.1. The van der Waals surface area contributed by atoms with Gasteiger partial charge in [-0.1, -0.05) is 44.2 Å². The van der Waals surface area contributed by atoms with Crippen molar-refractivity contribution in [1.29, 1.82) is 0 Å². The van der Waals surface area contributed by atoms with Gasteiger partial charge in [-0.05, 0) is 17.5 Å². The molecule has 1 aliphatic heterocycles. The Balaban J connectivity index is 2.30. The summed E-state index contributed by atoms with van der Waals surface area (Å²) in [4.78, 5) is 0. The zero-order chi connectivity index (χ0) is 11.6. The third kappa shape index (κ3) is 2.00. The molecule has 16 heavy (non-hydrogen) atoms. The van der Waals surface area contributed by atoms with Gasteiger partial charge in [0.05, 0.1) is 6.61 Å². The molecule has 1 heterocycles. The van der Waals surface area contributed by atoms with E-state index in [0.29, 0.717) is 18.1 Å². The smallest absolute Gasteiger partial charge is 0.232 e. The van der Waals surface area contributed by atoms with E-state index in [0.717, 1.165) is 24.0 Å². The lowest BCUT2D eigenvalue weighted by atomic mass is 10.1. The highest BCUT2D eigenvalue weighted by molar-refractivity contribution is 7.69. The molecule has 0 aromatic heterocycles. The van der Waals surface area contributed by atoms with Crippen LogP contribution in [0.2, 0.25) is 0 Å². The average Bonchev–Trinajstić information content (AvgIpc) is 2.32. The molecule has 86 valence electrons. The fourth-order valence-electron chi connectivity index (χ4n) is 1.93. The molecule has 0 radical (unpaired) electrons. The summed E-state index contributed by atoms with van der Waals surface area (Å²) in [6.45, 7) is 6.52. The third-order valence-electron chi connectivity index (χ3n) is 2.97. The topological polar surface area (TPSA) is 26.3 Å². The van der Waals surface area contributed by atoms with E-state index in [9.17, 15) is 4.57 Å². The van der Waals surface area contributed by atoms with Crippen molar-refractivity contribution >= 4 is 12.7 Å². The molecule has 0 bridgehead atoms. The van der Waals surface area contributed by atoms with Crippen LogP contribution >= 0.6 is 7.37 Å². The lowest BCUT2D eigenvalue weighted by Crippen LogP contribution is -2.07. The number of fused-ring (bicyclic) bond motifs is 1. The summed E-state index contributed by atoms with van der Waals surface area (Å²) in [6.07, 6.45) is 2.58. The lowest BCUT2D eigenvalue weighted by Gasteiger charge is -2.27. The van der Waals surface area contributed by atoms with E-state index < -0.39 is 7.37 Å². The van der Waals surface area contributed by atoms with Crippen molar-refractivity contribution in [2.24, 2.45) is 0 Å². The normalized spacial score (nSPS) is 24.2. The number of rotatable bonds is 3. The zero-order valence-electron chi connectivity index (χ0n) is 9.61. The van der Waals surface area contributed by atoms with Crippen molar-refractivity contribution < 1.29 is 9.09 Å². The molecule has 0 N–H and O–H groups in total. The minimum absolute atomic E-state index is 0.455. The monoisotopic (exact) mass is 236 g/mol. The molecule has 0 saturated heterocycles. The van der Waals surface area contributed by atoms with Crippen LogP contribution in [0.25, 0.3) is 5.31 Å². The van der Waals surface area contributed by atoms with Crippen LogP contribution in [0.3, 0.4) is 0 Å². The third-order valence-corrected chi connectivity index (χ3v) is 5.49. The van der Waals surface area contributed by atoms with E-state index in [2.05, 4.69) is 13.5 Å². The van der Waals surface area contributed by atoms with Gasteiger partial charge in [0.2, 0.25) is 7.37 Å². The minimum Gasteiger partial charge on any atom is -0.320 e. The summed E-state index contributed by atoms with van der Waals surface area (Å²) in [7, 11) is -2.65. The molecule has 1 aromatic rings. The molecule has 0 saturated carbocycles. The molecule has 3 heteroatoms. The second kappa shape index (κ2) is 4.57. The fraction of sp³-hybridized carbons (Fsp3) is 0.385. The molecule has 2 nitrogen and oxygen atoms in total. The Bertz CT molecular complexity index is 451. The van der Waals surface area contributed by atoms with Crippen molar-refractivity contribution in [2.45, 2.75) is 26.4 Å².